The molecule has 0 aliphatic carbocycles. The Morgan fingerprint density at radius 3 is 2.65 bits per heavy atom. The van der Waals surface area contributed by atoms with Crippen LogP contribution in [-0.4, -0.2) is 41.9 Å². The molecule has 0 bridgehead atoms. The van der Waals surface area contributed by atoms with Crippen LogP contribution in [0.5, 0.6) is 0 Å². The number of hydrogen-bond acceptors (Lipinski definition) is 4. The van der Waals surface area contributed by atoms with Crippen LogP contribution in [0.25, 0.3) is 0 Å². The monoisotopic (exact) mass is 239 g/mol. The smallest absolute Gasteiger partial charge is 0.323 e. The van der Waals surface area contributed by atoms with Gasteiger partial charge in [-0.15, -0.1) is 6.58 Å². The van der Waals surface area contributed by atoms with Crippen molar-refractivity contribution in [3.63, 3.8) is 0 Å². The summed E-state index contributed by atoms with van der Waals surface area (Å²) in [6, 6.07) is -0.176. The molecule has 2 aliphatic rings. The van der Waals surface area contributed by atoms with Gasteiger partial charge in [0.05, 0.1) is 6.61 Å². The average Bonchev–Trinajstić information content (AvgIpc) is 2.95. The lowest BCUT2D eigenvalue weighted by molar-refractivity contribution is -0.161. The van der Waals surface area contributed by atoms with Crippen molar-refractivity contribution in [2.45, 2.75) is 45.1 Å². The van der Waals surface area contributed by atoms with Gasteiger partial charge in [-0.1, -0.05) is 6.08 Å². The van der Waals surface area contributed by atoms with Gasteiger partial charge in [-0.25, -0.2) is 0 Å². The summed E-state index contributed by atoms with van der Waals surface area (Å²) in [5.41, 5.74) is -0.431. The standard InChI is InChI=1S/C13H21NO3/c1-5-9-6-10(12(15)17-13(2,3)4)14(7-9)11-8-16-11/h5,9-11H,1,6-8H2,2-4H3. The van der Waals surface area contributed by atoms with Gasteiger partial charge in [0, 0.05) is 6.54 Å². The van der Waals surface area contributed by atoms with Crippen molar-refractivity contribution in [1.82, 2.24) is 4.90 Å². The second-order valence-corrected chi connectivity index (χ2v) is 5.77. The fourth-order valence-electron chi connectivity index (χ4n) is 2.22. The molecule has 4 heteroatoms. The Kier molecular flexibility index (Phi) is 3.27. The second kappa shape index (κ2) is 4.42. The molecule has 2 heterocycles. The fourth-order valence-corrected chi connectivity index (χ4v) is 2.22. The summed E-state index contributed by atoms with van der Waals surface area (Å²) in [6.07, 6.45) is 2.82. The predicted octanol–water partition coefficient (Wildman–Crippen LogP) is 1.56. The zero-order chi connectivity index (χ0) is 12.6. The van der Waals surface area contributed by atoms with Crippen molar-refractivity contribution >= 4 is 5.97 Å². The summed E-state index contributed by atoms with van der Waals surface area (Å²) in [7, 11) is 0. The van der Waals surface area contributed by atoms with Crippen LogP contribution < -0.4 is 0 Å². The summed E-state index contributed by atoms with van der Waals surface area (Å²) in [6.45, 7) is 11.1. The summed E-state index contributed by atoms with van der Waals surface area (Å²) in [5.74, 6) is 0.217. The molecule has 2 aliphatic heterocycles. The molecule has 3 atom stereocenters. The Balaban J connectivity index is 2.02. The lowest BCUT2D eigenvalue weighted by Gasteiger charge is -2.26. The zero-order valence-electron chi connectivity index (χ0n) is 10.8. The summed E-state index contributed by atoms with van der Waals surface area (Å²) < 4.78 is 10.7. The highest BCUT2D eigenvalue weighted by Gasteiger charge is 2.45. The molecule has 0 aromatic carbocycles. The van der Waals surface area contributed by atoms with Gasteiger partial charge in [0.15, 0.2) is 0 Å². The van der Waals surface area contributed by atoms with Crippen LogP contribution in [0, 0.1) is 5.92 Å². The minimum absolute atomic E-state index is 0.109. The molecule has 17 heavy (non-hydrogen) atoms. The van der Waals surface area contributed by atoms with Crippen LogP contribution in [-0.2, 0) is 14.3 Å². The molecular weight excluding hydrogens is 218 g/mol. The van der Waals surface area contributed by atoms with Gasteiger partial charge in [0.2, 0.25) is 0 Å². The third-order valence-corrected chi connectivity index (χ3v) is 3.07. The van der Waals surface area contributed by atoms with E-state index in [-0.39, 0.29) is 18.2 Å². The first-order valence-electron chi connectivity index (χ1n) is 6.13. The first kappa shape index (κ1) is 12.6. The number of ether oxygens (including phenoxy) is 2. The molecule has 0 aromatic rings. The molecule has 2 fully saturated rings. The predicted molar refractivity (Wildman–Crippen MR) is 64.4 cm³/mol. The van der Waals surface area contributed by atoms with E-state index in [4.69, 9.17) is 9.47 Å². The van der Waals surface area contributed by atoms with E-state index in [1.165, 1.54) is 0 Å². The number of epoxide rings is 1. The number of nitrogens with zero attached hydrogens (tertiary/aromatic N) is 1. The van der Waals surface area contributed by atoms with E-state index in [2.05, 4.69) is 11.5 Å². The van der Waals surface area contributed by atoms with Crippen LogP contribution in [0.2, 0.25) is 0 Å². The molecule has 4 nitrogen and oxygen atoms in total. The fraction of sp³-hybridized carbons (Fsp3) is 0.769. The maximum atomic E-state index is 12.1. The largest absolute Gasteiger partial charge is 0.459 e. The van der Waals surface area contributed by atoms with Gasteiger partial charge in [-0.05, 0) is 33.1 Å². The zero-order valence-corrected chi connectivity index (χ0v) is 10.8. The Bertz CT molecular complexity index is 317. The molecule has 0 radical (unpaired) electrons. The SMILES string of the molecule is C=CC1CC(C(=O)OC(C)(C)C)N(C2CO2)C1. The highest BCUT2D eigenvalue weighted by molar-refractivity contribution is 5.76. The molecule has 96 valence electrons. The topological polar surface area (TPSA) is 42.1 Å². The first-order chi connectivity index (χ1) is 7.90. The Hall–Kier alpha value is -0.870. The summed E-state index contributed by atoms with van der Waals surface area (Å²) >= 11 is 0. The van der Waals surface area contributed by atoms with Gasteiger partial charge >= 0.3 is 5.97 Å². The third-order valence-electron chi connectivity index (χ3n) is 3.07. The van der Waals surface area contributed by atoms with E-state index in [9.17, 15) is 4.79 Å². The second-order valence-electron chi connectivity index (χ2n) is 5.77. The quantitative estimate of drug-likeness (QED) is 0.426. The Morgan fingerprint density at radius 2 is 2.18 bits per heavy atom. The Labute approximate surface area is 103 Å². The van der Waals surface area contributed by atoms with E-state index >= 15 is 0 Å². The van der Waals surface area contributed by atoms with E-state index in [1.807, 2.05) is 26.8 Å². The van der Waals surface area contributed by atoms with E-state index < -0.39 is 5.60 Å². The molecule has 2 saturated heterocycles. The van der Waals surface area contributed by atoms with Crippen LogP contribution in [0.1, 0.15) is 27.2 Å². The van der Waals surface area contributed by atoms with Gasteiger partial charge in [0.25, 0.3) is 0 Å². The molecule has 3 unspecified atom stereocenters. The Morgan fingerprint density at radius 1 is 1.53 bits per heavy atom. The van der Waals surface area contributed by atoms with Crippen LogP contribution in [0.4, 0.5) is 0 Å². The maximum absolute atomic E-state index is 12.1. The number of hydrogen-bond donors (Lipinski definition) is 0. The lowest BCUT2D eigenvalue weighted by atomic mass is 10.1. The number of rotatable bonds is 3. The van der Waals surface area contributed by atoms with Crippen LogP contribution in [0.3, 0.4) is 0 Å². The van der Waals surface area contributed by atoms with Gasteiger partial charge in [-0.3, -0.25) is 9.69 Å². The van der Waals surface area contributed by atoms with Crippen molar-refractivity contribution in [2.24, 2.45) is 5.92 Å². The number of carbonyl (C=O) groups excluding carboxylic acids is 1. The minimum atomic E-state index is -0.431. The van der Waals surface area contributed by atoms with Gasteiger partial charge in [-0.2, -0.15) is 0 Å². The minimum Gasteiger partial charge on any atom is -0.459 e. The van der Waals surface area contributed by atoms with E-state index in [1.54, 1.807) is 0 Å². The molecular formula is C13H21NO3. The van der Waals surface area contributed by atoms with Crippen molar-refractivity contribution < 1.29 is 14.3 Å². The van der Waals surface area contributed by atoms with Crippen molar-refractivity contribution in [3.05, 3.63) is 12.7 Å². The van der Waals surface area contributed by atoms with E-state index in [0.29, 0.717) is 5.92 Å². The average molecular weight is 239 g/mol. The van der Waals surface area contributed by atoms with Gasteiger partial charge in [0.1, 0.15) is 17.9 Å². The third kappa shape index (κ3) is 3.07. The number of likely N-dealkylation sites (tertiary alicyclic amines) is 1. The molecule has 0 aromatic heterocycles. The number of carbonyl (C=O) groups is 1. The van der Waals surface area contributed by atoms with Crippen molar-refractivity contribution in [1.29, 1.82) is 0 Å². The maximum Gasteiger partial charge on any atom is 0.323 e. The highest BCUT2D eigenvalue weighted by atomic mass is 16.6. The summed E-state index contributed by atoms with van der Waals surface area (Å²) in [5, 5.41) is 0. The number of esters is 1. The summed E-state index contributed by atoms with van der Waals surface area (Å²) in [4.78, 5) is 14.2. The highest BCUT2D eigenvalue weighted by Crippen LogP contribution is 2.32. The molecule has 0 saturated carbocycles. The van der Waals surface area contributed by atoms with E-state index in [0.717, 1.165) is 19.6 Å². The molecule has 0 spiro atoms. The first-order valence-corrected chi connectivity index (χ1v) is 6.13. The van der Waals surface area contributed by atoms with Crippen LogP contribution in [0.15, 0.2) is 12.7 Å². The molecule has 0 amide bonds. The molecule has 2 rings (SSSR count). The van der Waals surface area contributed by atoms with Gasteiger partial charge < -0.3 is 9.47 Å². The lowest BCUT2D eigenvalue weighted by Crippen LogP contribution is -2.41. The molecule has 0 N–H and O–H groups in total. The van der Waals surface area contributed by atoms with Crippen molar-refractivity contribution in [3.8, 4) is 0 Å². The van der Waals surface area contributed by atoms with Crippen LogP contribution >= 0.6 is 0 Å². The normalized spacial score (nSPS) is 33.5. The van der Waals surface area contributed by atoms with Crippen molar-refractivity contribution in [2.75, 3.05) is 13.2 Å².